The van der Waals surface area contributed by atoms with Crippen LogP contribution in [-0.2, 0) is 4.79 Å². The minimum atomic E-state index is -0.988. The maximum atomic E-state index is 10.6. The van der Waals surface area contributed by atoms with Gasteiger partial charge in [-0.1, -0.05) is 0 Å². The fraction of sp³-hybridized carbons (Fsp3) is 0.438. The number of halogens is 1. The van der Waals surface area contributed by atoms with Gasteiger partial charge in [-0.05, 0) is 67.1 Å². The van der Waals surface area contributed by atoms with E-state index in [0.29, 0.717) is 24.7 Å². The third-order valence-corrected chi connectivity index (χ3v) is 3.34. The van der Waals surface area contributed by atoms with E-state index in [1.807, 2.05) is 27.1 Å². The first-order chi connectivity index (χ1) is 10.4. The molecule has 0 unspecified atom stereocenters. The Hall–Kier alpha value is -1.53. The SMILES string of the molecule is CCOc1cc(C=CC(=O)O)cc(Br)c1OCCCN(C)C. The second kappa shape index (κ2) is 9.48. The third kappa shape index (κ3) is 6.49. The summed E-state index contributed by atoms with van der Waals surface area (Å²) in [5, 5.41) is 8.70. The van der Waals surface area contributed by atoms with Crippen LogP contribution >= 0.6 is 15.9 Å². The zero-order valence-corrected chi connectivity index (χ0v) is 14.7. The molecule has 0 saturated heterocycles. The number of carbonyl (C=O) groups is 1. The van der Waals surface area contributed by atoms with Gasteiger partial charge in [-0.15, -0.1) is 0 Å². The van der Waals surface area contributed by atoms with Crippen LogP contribution in [0.5, 0.6) is 11.5 Å². The summed E-state index contributed by atoms with van der Waals surface area (Å²) in [5.41, 5.74) is 0.735. The van der Waals surface area contributed by atoms with Crippen molar-refractivity contribution in [3.05, 3.63) is 28.2 Å². The number of hydrogen-bond donors (Lipinski definition) is 1. The zero-order chi connectivity index (χ0) is 16.5. The molecule has 22 heavy (non-hydrogen) atoms. The topological polar surface area (TPSA) is 59.0 Å². The van der Waals surface area contributed by atoms with Crippen LogP contribution in [0.25, 0.3) is 6.08 Å². The quantitative estimate of drug-likeness (QED) is 0.533. The zero-order valence-electron chi connectivity index (χ0n) is 13.1. The molecule has 0 amide bonds. The molecule has 122 valence electrons. The van der Waals surface area contributed by atoms with E-state index < -0.39 is 5.97 Å². The van der Waals surface area contributed by atoms with E-state index in [0.717, 1.165) is 29.1 Å². The van der Waals surface area contributed by atoms with E-state index in [1.54, 1.807) is 6.07 Å². The first kappa shape index (κ1) is 18.5. The molecule has 0 aliphatic heterocycles. The number of carboxylic acids is 1. The van der Waals surface area contributed by atoms with E-state index in [-0.39, 0.29) is 0 Å². The molecule has 0 atom stereocenters. The largest absolute Gasteiger partial charge is 0.490 e. The summed E-state index contributed by atoms with van der Waals surface area (Å²) in [5.74, 6) is 0.262. The van der Waals surface area contributed by atoms with Crippen LogP contribution in [0.3, 0.4) is 0 Å². The van der Waals surface area contributed by atoms with Gasteiger partial charge in [0.15, 0.2) is 11.5 Å². The molecule has 0 bridgehead atoms. The lowest BCUT2D eigenvalue weighted by Crippen LogP contribution is -2.15. The first-order valence-corrected chi connectivity index (χ1v) is 7.88. The maximum absolute atomic E-state index is 10.6. The van der Waals surface area contributed by atoms with Crippen LogP contribution in [0, 0.1) is 0 Å². The average Bonchev–Trinajstić information content (AvgIpc) is 2.43. The van der Waals surface area contributed by atoms with E-state index in [4.69, 9.17) is 14.6 Å². The fourth-order valence-electron chi connectivity index (χ4n) is 1.81. The lowest BCUT2D eigenvalue weighted by Gasteiger charge is -2.15. The number of ether oxygens (including phenoxy) is 2. The minimum absolute atomic E-state index is 0.507. The van der Waals surface area contributed by atoms with Crippen LogP contribution in [-0.4, -0.2) is 49.8 Å². The number of benzene rings is 1. The molecule has 0 fully saturated rings. The molecule has 0 aromatic heterocycles. The van der Waals surface area contributed by atoms with Crippen molar-refractivity contribution in [2.24, 2.45) is 0 Å². The Balaban J connectivity index is 2.88. The normalized spacial score (nSPS) is 11.1. The standard InChI is InChI=1S/C16H22BrNO4/c1-4-21-14-11-12(6-7-15(19)20)10-13(17)16(14)22-9-5-8-18(2)3/h6-7,10-11H,4-5,8-9H2,1-3H3,(H,19,20). The third-order valence-electron chi connectivity index (χ3n) is 2.75. The highest BCUT2D eigenvalue weighted by Crippen LogP contribution is 2.37. The highest BCUT2D eigenvalue weighted by molar-refractivity contribution is 9.10. The average molecular weight is 372 g/mol. The van der Waals surface area contributed by atoms with Crippen molar-refractivity contribution in [2.75, 3.05) is 33.9 Å². The van der Waals surface area contributed by atoms with Crippen molar-refractivity contribution in [1.82, 2.24) is 4.90 Å². The summed E-state index contributed by atoms with van der Waals surface area (Å²) in [6, 6.07) is 3.58. The van der Waals surface area contributed by atoms with Gasteiger partial charge in [0.2, 0.25) is 0 Å². The molecular formula is C16H22BrNO4. The Morgan fingerprint density at radius 3 is 2.68 bits per heavy atom. The van der Waals surface area contributed by atoms with Crippen molar-refractivity contribution in [3.63, 3.8) is 0 Å². The van der Waals surface area contributed by atoms with Crippen LogP contribution in [0.1, 0.15) is 18.9 Å². The highest BCUT2D eigenvalue weighted by Gasteiger charge is 2.11. The smallest absolute Gasteiger partial charge is 0.328 e. The van der Waals surface area contributed by atoms with Crippen molar-refractivity contribution in [2.45, 2.75) is 13.3 Å². The van der Waals surface area contributed by atoms with Gasteiger partial charge in [0.1, 0.15) is 0 Å². The summed E-state index contributed by atoms with van der Waals surface area (Å²) < 4.78 is 12.2. The van der Waals surface area contributed by atoms with Gasteiger partial charge in [0, 0.05) is 12.6 Å². The van der Waals surface area contributed by atoms with Crippen molar-refractivity contribution in [3.8, 4) is 11.5 Å². The van der Waals surface area contributed by atoms with Gasteiger partial charge in [-0.25, -0.2) is 4.79 Å². The molecule has 1 aromatic carbocycles. The fourth-order valence-corrected chi connectivity index (χ4v) is 2.38. The molecule has 1 rings (SSSR count). The van der Waals surface area contributed by atoms with Crippen LogP contribution in [0.15, 0.2) is 22.7 Å². The Kier molecular flexibility index (Phi) is 7.98. The van der Waals surface area contributed by atoms with Crippen LogP contribution < -0.4 is 9.47 Å². The van der Waals surface area contributed by atoms with Gasteiger partial charge in [0.25, 0.3) is 0 Å². The highest BCUT2D eigenvalue weighted by atomic mass is 79.9. The molecular weight excluding hydrogens is 350 g/mol. The minimum Gasteiger partial charge on any atom is -0.490 e. The maximum Gasteiger partial charge on any atom is 0.328 e. The predicted molar refractivity (Wildman–Crippen MR) is 90.6 cm³/mol. The summed E-state index contributed by atoms with van der Waals surface area (Å²) in [7, 11) is 4.04. The molecule has 6 heteroatoms. The Morgan fingerprint density at radius 2 is 2.09 bits per heavy atom. The van der Waals surface area contributed by atoms with Crippen molar-refractivity contribution < 1.29 is 19.4 Å². The van der Waals surface area contributed by atoms with Crippen LogP contribution in [0.2, 0.25) is 0 Å². The molecule has 0 radical (unpaired) electrons. The molecule has 5 nitrogen and oxygen atoms in total. The van der Waals surface area contributed by atoms with Crippen molar-refractivity contribution in [1.29, 1.82) is 0 Å². The van der Waals surface area contributed by atoms with E-state index >= 15 is 0 Å². The Bertz CT molecular complexity index is 529. The van der Waals surface area contributed by atoms with Gasteiger partial charge >= 0.3 is 5.97 Å². The van der Waals surface area contributed by atoms with Gasteiger partial charge in [0.05, 0.1) is 17.7 Å². The van der Waals surface area contributed by atoms with E-state index in [9.17, 15) is 4.79 Å². The molecule has 1 N–H and O–H groups in total. The van der Waals surface area contributed by atoms with Gasteiger partial charge in [-0.3, -0.25) is 0 Å². The second-order valence-electron chi connectivity index (χ2n) is 4.94. The molecule has 0 saturated carbocycles. The molecule has 0 spiro atoms. The lowest BCUT2D eigenvalue weighted by atomic mass is 10.2. The summed E-state index contributed by atoms with van der Waals surface area (Å²) in [6.45, 7) is 3.93. The molecule has 1 aromatic rings. The Morgan fingerprint density at radius 1 is 1.36 bits per heavy atom. The molecule has 0 heterocycles. The number of aliphatic carboxylic acids is 1. The first-order valence-electron chi connectivity index (χ1n) is 7.09. The summed E-state index contributed by atoms with van der Waals surface area (Å²) in [4.78, 5) is 12.7. The molecule has 0 aliphatic rings. The monoisotopic (exact) mass is 371 g/mol. The Labute approximate surface area is 139 Å². The van der Waals surface area contributed by atoms with E-state index in [2.05, 4.69) is 20.8 Å². The van der Waals surface area contributed by atoms with Crippen molar-refractivity contribution >= 4 is 28.0 Å². The van der Waals surface area contributed by atoms with Gasteiger partial charge < -0.3 is 19.5 Å². The number of hydrogen-bond acceptors (Lipinski definition) is 4. The summed E-state index contributed by atoms with van der Waals surface area (Å²) >= 11 is 3.46. The number of nitrogens with zero attached hydrogens (tertiary/aromatic N) is 1. The number of carboxylic acid groups (broad SMARTS) is 1. The molecule has 0 aliphatic carbocycles. The predicted octanol–water partition coefficient (Wildman–Crippen LogP) is 3.28. The van der Waals surface area contributed by atoms with E-state index in [1.165, 1.54) is 6.08 Å². The summed E-state index contributed by atoms with van der Waals surface area (Å²) in [6.07, 6.45) is 3.52. The van der Waals surface area contributed by atoms with Gasteiger partial charge in [-0.2, -0.15) is 0 Å². The lowest BCUT2D eigenvalue weighted by molar-refractivity contribution is -0.131. The second-order valence-corrected chi connectivity index (χ2v) is 5.79. The number of rotatable bonds is 9. The van der Waals surface area contributed by atoms with Crippen LogP contribution in [0.4, 0.5) is 0 Å².